The minimum Gasteiger partial charge on any atom is -0.508 e. The SMILES string of the molecule is CC(C)=CCC/C(C)=C/CO[C@@H]1O[C@H](CO)[C@@H](OC(=O)/C=C/c2ccc(O)cc2)[C@H](O[C@@H]2O[C@@H](C)[C@H](O[C@@H]3O[C@@H](C)[C@H](O)[C@@H](O)[C@H]3O)[C@@H](O)[C@H]2O)[C@H]1O. The summed E-state index contributed by atoms with van der Waals surface area (Å²) in [6, 6.07) is 5.99. The average molecular weight is 755 g/mol. The van der Waals surface area contributed by atoms with Crippen molar-refractivity contribution in [1.29, 1.82) is 0 Å². The Morgan fingerprint density at radius 1 is 0.736 bits per heavy atom. The van der Waals surface area contributed by atoms with Crippen LogP contribution in [-0.2, 0) is 38.0 Å². The molecule has 0 unspecified atom stereocenters. The molecule has 0 spiro atoms. The fraction of sp³-hybridized carbons (Fsp3) is 0.649. The van der Waals surface area contributed by atoms with Crippen LogP contribution in [0.2, 0.25) is 0 Å². The molecule has 0 radical (unpaired) electrons. The molecule has 0 aliphatic carbocycles. The van der Waals surface area contributed by atoms with E-state index in [2.05, 4.69) is 6.08 Å². The lowest BCUT2D eigenvalue weighted by atomic mass is 9.96. The fourth-order valence-electron chi connectivity index (χ4n) is 6.12. The Hall–Kier alpha value is -2.81. The van der Waals surface area contributed by atoms with E-state index in [4.69, 9.17) is 33.2 Å². The zero-order chi connectivity index (χ0) is 39.0. The molecule has 15 atom stereocenters. The molecule has 298 valence electrons. The Bertz CT molecular complexity index is 1400. The van der Waals surface area contributed by atoms with Gasteiger partial charge in [0.1, 0.15) is 60.7 Å². The maximum Gasteiger partial charge on any atom is 0.331 e. The summed E-state index contributed by atoms with van der Waals surface area (Å²) in [5.41, 5.74) is 2.79. The molecule has 16 nitrogen and oxygen atoms in total. The van der Waals surface area contributed by atoms with Gasteiger partial charge in [0.25, 0.3) is 0 Å². The van der Waals surface area contributed by atoms with Gasteiger partial charge in [-0.15, -0.1) is 0 Å². The Balaban J connectivity index is 1.51. The van der Waals surface area contributed by atoms with Crippen LogP contribution < -0.4 is 0 Å². The predicted molar refractivity (Wildman–Crippen MR) is 186 cm³/mol. The molecule has 3 heterocycles. The maximum absolute atomic E-state index is 13.0. The number of phenols is 1. The highest BCUT2D eigenvalue weighted by Crippen LogP contribution is 2.33. The number of rotatable bonds is 14. The lowest BCUT2D eigenvalue weighted by Crippen LogP contribution is -2.66. The van der Waals surface area contributed by atoms with Gasteiger partial charge in [-0.25, -0.2) is 4.79 Å². The van der Waals surface area contributed by atoms with Gasteiger partial charge in [0.2, 0.25) is 0 Å². The normalized spacial score (nSPS) is 38.1. The van der Waals surface area contributed by atoms with E-state index < -0.39 is 105 Å². The average Bonchev–Trinajstić information content (AvgIpc) is 3.11. The van der Waals surface area contributed by atoms with Crippen molar-refractivity contribution in [1.82, 2.24) is 0 Å². The van der Waals surface area contributed by atoms with Crippen LogP contribution in [0.3, 0.4) is 0 Å². The molecule has 3 aliphatic rings. The topological polar surface area (TPSA) is 244 Å². The second-order valence-corrected chi connectivity index (χ2v) is 13.8. The summed E-state index contributed by atoms with van der Waals surface area (Å²) in [6.07, 6.45) is -14.1. The fourth-order valence-corrected chi connectivity index (χ4v) is 6.12. The third-order valence-corrected chi connectivity index (χ3v) is 9.30. The number of aliphatic hydroxyl groups excluding tert-OH is 7. The summed E-state index contributed by atoms with van der Waals surface area (Å²) < 4.78 is 40.4. The van der Waals surface area contributed by atoms with Crippen molar-refractivity contribution in [2.75, 3.05) is 13.2 Å². The second-order valence-electron chi connectivity index (χ2n) is 13.8. The van der Waals surface area contributed by atoms with Crippen LogP contribution in [0, 0.1) is 0 Å². The molecule has 0 amide bonds. The number of allylic oxidation sites excluding steroid dienone is 3. The van der Waals surface area contributed by atoms with Gasteiger partial charge in [-0.2, -0.15) is 0 Å². The quantitative estimate of drug-likeness (QED) is 0.0717. The van der Waals surface area contributed by atoms with Crippen molar-refractivity contribution in [3.8, 4) is 5.75 Å². The van der Waals surface area contributed by atoms with E-state index >= 15 is 0 Å². The van der Waals surface area contributed by atoms with Gasteiger partial charge >= 0.3 is 5.97 Å². The van der Waals surface area contributed by atoms with Crippen molar-refractivity contribution >= 4 is 12.0 Å². The van der Waals surface area contributed by atoms with Crippen LogP contribution in [0.15, 0.2) is 53.6 Å². The number of hydrogen-bond donors (Lipinski definition) is 8. The zero-order valence-electron chi connectivity index (χ0n) is 30.5. The van der Waals surface area contributed by atoms with Crippen molar-refractivity contribution in [2.45, 2.75) is 140 Å². The smallest absolute Gasteiger partial charge is 0.331 e. The van der Waals surface area contributed by atoms with E-state index in [9.17, 15) is 45.6 Å². The van der Waals surface area contributed by atoms with Crippen molar-refractivity contribution in [3.05, 3.63) is 59.2 Å². The number of aliphatic hydroxyl groups is 7. The largest absolute Gasteiger partial charge is 0.508 e. The summed E-state index contributed by atoms with van der Waals surface area (Å²) in [5.74, 6) is -0.868. The molecular formula is C37H54O16. The number of esters is 1. The van der Waals surface area contributed by atoms with Gasteiger partial charge in [0.15, 0.2) is 25.0 Å². The highest BCUT2D eigenvalue weighted by molar-refractivity contribution is 5.87. The molecule has 0 aromatic heterocycles. The van der Waals surface area contributed by atoms with E-state index in [0.717, 1.165) is 24.5 Å². The van der Waals surface area contributed by atoms with Gasteiger partial charge in [0, 0.05) is 6.08 Å². The maximum atomic E-state index is 13.0. The van der Waals surface area contributed by atoms with Crippen LogP contribution >= 0.6 is 0 Å². The van der Waals surface area contributed by atoms with Crippen LogP contribution in [0.4, 0.5) is 0 Å². The van der Waals surface area contributed by atoms with Crippen molar-refractivity contribution in [3.63, 3.8) is 0 Å². The number of carbonyl (C=O) groups is 1. The number of carbonyl (C=O) groups excluding carboxylic acids is 1. The Labute approximate surface area is 308 Å². The zero-order valence-corrected chi connectivity index (χ0v) is 30.5. The van der Waals surface area contributed by atoms with Gasteiger partial charge < -0.3 is 74.0 Å². The number of phenolic OH excluding ortho intramolecular Hbond substituents is 1. The number of benzene rings is 1. The van der Waals surface area contributed by atoms with Gasteiger partial charge in [-0.05, 0) is 71.2 Å². The minimum absolute atomic E-state index is 0.0177. The van der Waals surface area contributed by atoms with Gasteiger partial charge in [-0.1, -0.05) is 35.4 Å². The molecule has 1 aromatic carbocycles. The van der Waals surface area contributed by atoms with Gasteiger partial charge in [-0.3, -0.25) is 0 Å². The standard InChI is InChI=1S/C37H54O16/c1-18(2)7-6-8-19(3)15-16-47-35-31(46)34(33(24(17-38)50-35)51-25(40)14-11-22-9-12-23(39)13-10-22)53-37-30(45)28(43)32(21(5)49-37)52-36-29(44)27(42)26(41)20(4)48-36/h7,9-15,20-21,24,26-39,41-46H,6,8,16-17H2,1-5H3/b14-11+,19-15+/t20-,21-,24+,26-,27+,28-,29+,30+,31+,32-,33+,34+,35+,36-,37-/m0/s1. The number of hydrogen-bond acceptors (Lipinski definition) is 16. The monoisotopic (exact) mass is 754 g/mol. The molecule has 8 N–H and O–H groups in total. The lowest BCUT2D eigenvalue weighted by Gasteiger charge is -2.48. The molecular weight excluding hydrogens is 700 g/mol. The molecule has 0 bridgehead atoms. The van der Waals surface area contributed by atoms with Crippen LogP contribution in [0.25, 0.3) is 6.08 Å². The molecule has 4 rings (SSSR count). The third kappa shape index (κ3) is 11.4. The molecule has 0 saturated carbocycles. The first kappa shape index (κ1) is 42.9. The Kier molecular flexibility index (Phi) is 15.9. The number of aromatic hydroxyl groups is 1. The van der Waals surface area contributed by atoms with E-state index in [1.165, 1.54) is 37.6 Å². The summed E-state index contributed by atoms with van der Waals surface area (Å²) in [5, 5.41) is 84.3. The highest BCUT2D eigenvalue weighted by atomic mass is 16.8. The summed E-state index contributed by atoms with van der Waals surface area (Å²) >= 11 is 0. The van der Waals surface area contributed by atoms with E-state index in [-0.39, 0.29) is 12.4 Å². The van der Waals surface area contributed by atoms with Crippen LogP contribution in [0.1, 0.15) is 53.0 Å². The molecule has 3 aliphatic heterocycles. The van der Waals surface area contributed by atoms with Crippen molar-refractivity contribution < 1.29 is 78.8 Å². The first-order valence-electron chi connectivity index (χ1n) is 17.7. The summed E-state index contributed by atoms with van der Waals surface area (Å²) in [6.45, 7) is 8.21. The third-order valence-electron chi connectivity index (χ3n) is 9.30. The molecule has 3 fully saturated rings. The highest BCUT2D eigenvalue weighted by Gasteiger charge is 2.54. The molecule has 1 aromatic rings. The van der Waals surface area contributed by atoms with E-state index in [1.807, 2.05) is 26.8 Å². The first-order chi connectivity index (χ1) is 25.1. The lowest BCUT2D eigenvalue weighted by molar-refractivity contribution is -0.375. The molecule has 16 heteroatoms. The minimum atomic E-state index is -1.84. The van der Waals surface area contributed by atoms with Crippen LogP contribution in [0.5, 0.6) is 5.75 Å². The first-order valence-corrected chi connectivity index (χ1v) is 17.7. The number of ether oxygens (including phenoxy) is 7. The molecule has 53 heavy (non-hydrogen) atoms. The Morgan fingerprint density at radius 3 is 2.00 bits per heavy atom. The Morgan fingerprint density at radius 2 is 1.36 bits per heavy atom. The predicted octanol–water partition coefficient (Wildman–Crippen LogP) is 0.169. The summed E-state index contributed by atoms with van der Waals surface area (Å²) in [7, 11) is 0. The summed E-state index contributed by atoms with van der Waals surface area (Å²) in [4.78, 5) is 13.0. The van der Waals surface area contributed by atoms with Crippen LogP contribution in [-0.4, -0.2) is 152 Å². The van der Waals surface area contributed by atoms with E-state index in [1.54, 1.807) is 12.1 Å². The van der Waals surface area contributed by atoms with E-state index in [0.29, 0.717) is 5.56 Å². The second kappa shape index (κ2) is 19.7. The van der Waals surface area contributed by atoms with Gasteiger partial charge in [0.05, 0.1) is 25.4 Å². The van der Waals surface area contributed by atoms with Crippen molar-refractivity contribution in [2.24, 2.45) is 0 Å². The molecule has 3 saturated heterocycles.